The van der Waals surface area contributed by atoms with Crippen LogP contribution in [0.2, 0.25) is 0 Å². The number of primary amides is 1. The van der Waals surface area contributed by atoms with Crippen LogP contribution in [0.5, 0.6) is 11.5 Å². The second kappa shape index (κ2) is 9.09. The molecule has 0 bridgehead atoms. The molecule has 1 atom stereocenters. The van der Waals surface area contributed by atoms with Crippen molar-refractivity contribution in [3.63, 3.8) is 0 Å². The Hall–Kier alpha value is -4.66. The first-order valence-electron chi connectivity index (χ1n) is 12.1. The van der Waals surface area contributed by atoms with Gasteiger partial charge in [0.2, 0.25) is 0 Å². The highest BCUT2D eigenvalue weighted by Gasteiger charge is 2.26. The van der Waals surface area contributed by atoms with Crippen molar-refractivity contribution in [3.8, 4) is 22.8 Å². The summed E-state index contributed by atoms with van der Waals surface area (Å²) in [6, 6.07) is 16.0. The van der Waals surface area contributed by atoms with E-state index in [9.17, 15) is 14.4 Å². The van der Waals surface area contributed by atoms with Crippen LogP contribution >= 0.6 is 0 Å². The first-order chi connectivity index (χ1) is 18.0. The molecule has 0 fully saturated rings. The van der Waals surface area contributed by atoms with Gasteiger partial charge in [0.15, 0.2) is 11.5 Å². The summed E-state index contributed by atoms with van der Waals surface area (Å²) in [5.74, 6) is 0.242. The molecule has 0 saturated carbocycles. The van der Waals surface area contributed by atoms with Crippen LogP contribution in [-0.4, -0.2) is 35.0 Å². The van der Waals surface area contributed by atoms with E-state index in [1.54, 1.807) is 6.07 Å². The number of aromatic nitrogens is 2. The molecule has 2 aromatic heterocycles. The number of aryl methyl sites for hydroxylation is 1. The molecule has 0 spiro atoms. The Morgan fingerprint density at radius 3 is 2.65 bits per heavy atom. The number of amides is 2. The third-order valence-electron chi connectivity index (χ3n) is 6.82. The minimum absolute atomic E-state index is 0.116. The summed E-state index contributed by atoms with van der Waals surface area (Å²) in [4.78, 5) is 45.2. The molecule has 0 saturated heterocycles. The van der Waals surface area contributed by atoms with Crippen molar-refractivity contribution in [1.29, 1.82) is 0 Å². The molecule has 1 aliphatic heterocycles. The number of benzene rings is 2. The summed E-state index contributed by atoms with van der Waals surface area (Å²) >= 11 is 0. The standard InChI is InChI=1S/C28H24N4O5/c29-26(33)19-13-18-21(6-3-7-22(18)32-28(19)35)31-27(34)17-14-23(30-20-5-2-1-4-16(17)20)15-8-9-24-25(12-15)37-11-10-36-24/h1-2,4-5,8-9,12-14,21H,3,6-7,10-11H2,(H2,29,33)(H,31,34)(H,32,35). The molecule has 2 aliphatic rings. The molecule has 2 amide bonds. The van der Waals surface area contributed by atoms with Crippen molar-refractivity contribution in [2.24, 2.45) is 5.73 Å². The van der Waals surface area contributed by atoms with Crippen LogP contribution in [0.25, 0.3) is 22.2 Å². The molecule has 37 heavy (non-hydrogen) atoms. The van der Waals surface area contributed by atoms with E-state index < -0.39 is 11.5 Å². The number of nitrogens with two attached hydrogens (primary N) is 1. The predicted molar refractivity (Wildman–Crippen MR) is 137 cm³/mol. The summed E-state index contributed by atoms with van der Waals surface area (Å²) in [5.41, 5.74) is 8.77. The maximum Gasteiger partial charge on any atom is 0.261 e. The summed E-state index contributed by atoms with van der Waals surface area (Å²) in [6.45, 7) is 0.977. The van der Waals surface area contributed by atoms with E-state index in [1.165, 1.54) is 6.07 Å². The lowest BCUT2D eigenvalue weighted by Gasteiger charge is -2.26. The fourth-order valence-corrected chi connectivity index (χ4v) is 5.02. The maximum absolute atomic E-state index is 13.7. The number of para-hydroxylation sites is 1. The van der Waals surface area contributed by atoms with Crippen LogP contribution in [0.3, 0.4) is 0 Å². The minimum atomic E-state index is -0.802. The molecule has 0 radical (unpaired) electrons. The van der Waals surface area contributed by atoms with Crippen LogP contribution < -0.4 is 26.1 Å². The highest BCUT2D eigenvalue weighted by atomic mass is 16.6. The molecule has 2 aromatic carbocycles. The number of hydrogen-bond donors (Lipinski definition) is 3. The lowest BCUT2D eigenvalue weighted by Crippen LogP contribution is -2.34. The number of nitrogens with zero attached hydrogens (tertiary/aromatic N) is 1. The number of pyridine rings is 2. The van der Waals surface area contributed by atoms with Crippen LogP contribution in [0.1, 0.15) is 50.9 Å². The van der Waals surface area contributed by atoms with Gasteiger partial charge >= 0.3 is 0 Å². The van der Waals surface area contributed by atoms with Gasteiger partial charge < -0.3 is 25.5 Å². The van der Waals surface area contributed by atoms with E-state index in [1.807, 2.05) is 42.5 Å². The monoisotopic (exact) mass is 496 g/mol. The van der Waals surface area contributed by atoms with Crippen molar-refractivity contribution in [2.75, 3.05) is 13.2 Å². The Labute approximate surface area is 211 Å². The lowest BCUT2D eigenvalue weighted by atomic mass is 9.90. The molecule has 186 valence electrons. The topological polar surface area (TPSA) is 136 Å². The van der Waals surface area contributed by atoms with E-state index in [2.05, 4.69) is 10.3 Å². The van der Waals surface area contributed by atoms with E-state index in [-0.39, 0.29) is 17.5 Å². The molecular weight excluding hydrogens is 472 g/mol. The Kier molecular flexibility index (Phi) is 5.60. The van der Waals surface area contributed by atoms with Crippen LogP contribution in [0.4, 0.5) is 0 Å². The van der Waals surface area contributed by atoms with Crippen molar-refractivity contribution < 1.29 is 19.1 Å². The molecule has 3 heterocycles. The Morgan fingerprint density at radius 2 is 1.81 bits per heavy atom. The van der Waals surface area contributed by atoms with Crippen molar-refractivity contribution in [3.05, 3.63) is 87.3 Å². The number of H-pyrrole nitrogens is 1. The fourth-order valence-electron chi connectivity index (χ4n) is 5.02. The van der Waals surface area contributed by atoms with E-state index in [0.29, 0.717) is 65.6 Å². The van der Waals surface area contributed by atoms with Crippen molar-refractivity contribution >= 4 is 22.7 Å². The van der Waals surface area contributed by atoms with E-state index >= 15 is 0 Å². The fraction of sp³-hybridized carbons (Fsp3) is 0.214. The first kappa shape index (κ1) is 22.8. The quantitative estimate of drug-likeness (QED) is 0.397. The van der Waals surface area contributed by atoms with Gasteiger partial charge in [-0.3, -0.25) is 14.4 Å². The van der Waals surface area contributed by atoms with Gasteiger partial charge in [-0.15, -0.1) is 0 Å². The number of carbonyl (C=O) groups excluding carboxylic acids is 2. The SMILES string of the molecule is NC(=O)c1cc2c([nH]c1=O)CCCC2NC(=O)c1cc(-c2ccc3c(c2)OCCO3)nc2ccccc12. The molecule has 6 rings (SSSR count). The Bertz CT molecular complexity index is 1630. The zero-order valence-corrected chi connectivity index (χ0v) is 19.9. The van der Waals surface area contributed by atoms with Crippen molar-refractivity contribution in [2.45, 2.75) is 25.3 Å². The van der Waals surface area contributed by atoms with Gasteiger partial charge in [0.1, 0.15) is 18.8 Å². The van der Waals surface area contributed by atoms with Gasteiger partial charge in [0.25, 0.3) is 17.4 Å². The smallest absolute Gasteiger partial charge is 0.261 e. The van der Waals surface area contributed by atoms with Gasteiger partial charge in [-0.1, -0.05) is 18.2 Å². The summed E-state index contributed by atoms with van der Waals surface area (Å²) in [6.07, 6.45) is 2.10. The zero-order valence-electron chi connectivity index (χ0n) is 19.9. The van der Waals surface area contributed by atoms with Gasteiger partial charge in [0.05, 0.1) is 22.8 Å². The van der Waals surface area contributed by atoms with Gasteiger partial charge in [0, 0.05) is 16.6 Å². The minimum Gasteiger partial charge on any atom is -0.486 e. The highest BCUT2D eigenvalue weighted by Crippen LogP contribution is 2.35. The number of hydrogen-bond acceptors (Lipinski definition) is 6. The van der Waals surface area contributed by atoms with Crippen LogP contribution in [0, 0.1) is 0 Å². The zero-order chi connectivity index (χ0) is 25.5. The third-order valence-corrected chi connectivity index (χ3v) is 6.82. The summed E-state index contributed by atoms with van der Waals surface area (Å²) < 4.78 is 11.4. The van der Waals surface area contributed by atoms with Crippen LogP contribution in [0.15, 0.2) is 59.4 Å². The number of rotatable bonds is 4. The average molecular weight is 497 g/mol. The Morgan fingerprint density at radius 1 is 1.00 bits per heavy atom. The van der Waals surface area contributed by atoms with E-state index in [0.717, 1.165) is 17.4 Å². The predicted octanol–water partition coefficient (Wildman–Crippen LogP) is 3.27. The number of fused-ring (bicyclic) bond motifs is 3. The molecule has 1 aliphatic carbocycles. The maximum atomic E-state index is 13.7. The Balaban J connectivity index is 1.39. The molecule has 4 aromatic rings. The summed E-state index contributed by atoms with van der Waals surface area (Å²) in [7, 11) is 0. The number of nitrogens with one attached hydrogen (secondary N) is 2. The number of carbonyl (C=O) groups is 2. The van der Waals surface area contributed by atoms with Crippen LogP contribution in [-0.2, 0) is 6.42 Å². The molecular formula is C28H24N4O5. The van der Waals surface area contributed by atoms with Crippen molar-refractivity contribution in [1.82, 2.24) is 15.3 Å². The van der Waals surface area contributed by atoms with Gasteiger partial charge in [-0.25, -0.2) is 4.98 Å². The first-order valence-corrected chi connectivity index (χ1v) is 12.1. The molecule has 4 N–H and O–H groups in total. The second-order valence-corrected chi connectivity index (χ2v) is 9.16. The van der Waals surface area contributed by atoms with E-state index in [4.69, 9.17) is 20.2 Å². The normalized spacial score (nSPS) is 16.2. The second-order valence-electron chi connectivity index (χ2n) is 9.16. The molecule has 9 heteroatoms. The molecule has 1 unspecified atom stereocenters. The molecule has 9 nitrogen and oxygen atoms in total. The van der Waals surface area contributed by atoms with Gasteiger partial charge in [-0.05, 0) is 61.2 Å². The number of ether oxygens (including phenoxy) is 2. The average Bonchev–Trinajstić information content (AvgIpc) is 2.91. The number of aromatic amines is 1. The largest absolute Gasteiger partial charge is 0.486 e. The third kappa shape index (κ3) is 4.18. The lowest BCUT2D eigenvalue weighted by molar-refractivity contribution is 0.0934. The highest BCUT2D eigenvalue weighted by molar-refractivity contribution is 6.07. The summed E-state index contributed by atoms with van der Waals surface area (Å²) in [5, 5.41) is 3.83. The van der Waals surface area contributed by atoms with Gasteiger partial charge in [-0.2, -0.15) is 0 Å².